The van der Waals surface area contributed by atoms with Gasteiger partial charge in [0.05, 0.1) is 17.2 Å². The number of likely N-dealkylation sites (N-methyl/N-ethyl adjacent to an activating group) is 1. The van der Waals surface area contributed by atoms with Crippen molar-refractivity contribution in [2.45, 2.75) is 6.92 Å². The van der Waals surface area contributed by atoms with Gasteiger partial charge in [-0.25, -0.2) is 4.39 Å². The summed E-state index contributed by atoms with van der Waals surface area (Å²) in [5.41, 5.74) is 0.272. The number of nitriles is 1. The van der Waals surface area contributed by atoms with E-state index in [-0.39, 0.29) is 17.0 Å². The van der Waals surface area contributed by atoms with Crippen molar-refractivity contribution >= 4 is 5.91 Å². The topological polar surface area (TPSA) is 47.3 Å². The molecule has 1 aromatic carbocycles. The van der Waals surface area contributed by atoms with E-state index in [0.29, 0.717) is 13.1 Å². The van der Waals surface area contributed by atoms with E-state index in [0.717, 1.165) is 25.7 Å². The maximum Gasteiger partial charge on any atom is 0.256 e. The van der Waals surface area contributed by atoms with Gasteiger partial charge in [-0.3, -0.25) is 4.79 Å². The Hall–Kier alpha value is -1.93. The number of rotatable bonds is 2. The van der Waals surface area contributed by atoms with Crippen LogP contribution >= 0.6 is 0 Å². The lowest BCUT2D eigenvalue weighted by Gasteiger charge is -2.34. The van der Waals surface area contributed by atoms with Crippen LogP contribution in [0, 0.1) is 17.1 Å². The Morgan fingerprint density at radius 2 is 2.05 bits per heavy atom. The average molecular weight is 261 g/mol. The summed E-state index contributed by atoms with van der Waals surface area (Å²) in [6, 6.07) is 5.82. The van der Waals surface area contributed by atoms with Crippen LogP contribution in [0.1, 0.15) is 22.8 Å². The van der Waals surface area contributed by atoms with E-state index in [1.807, 2.05) is 6.07 Å². The predicted octanol–water partition coefficient (Wildman–Crippen LogP) is 1.48. The molecule has 0 bridgehead atoms. The minimum Gasteiger partial charge on any atom is -0.336 e. The number of benzene rings is 1. The zero-order chi connectivity index (χ0) is 13.8. The summed E-state index contributed by atoms with van der Waals surface area (Å²) in [6.07, 6.45) is 0. The van der Waals surface area contributed by atoms with Gasteiger partial charge >= 0.3 is 0 Å². The molecule has 1 saturated heterocycles. The Kier molecular flexibility index (Phi) is 4.13. The number of halogens is 1. The molecule has 0 unspecified atom stereocenters. The van der Waals surface area contributed by atoms with E-state index in [4.69, 9.17) is 5.26 Å². The van der Waals surface area contributed by atoms with Crippen molar-refractivity contribution in [2.24, 2.45) is 0 Å². The van der Waals surface area contributed by atoms with Gasteiger partial charge in [0.15, 0.2) is 0 Å². The summed E-state index contributed by atoms with van der Waals surface area (Å²) in [5.74, 6) is -0.917. The summed E-state index contributed by atoms with van der Waals surface area (Å²) in [5, 5.41) is 8.68. The fraction of sp³-hybridized carbons (Fsp3) is 0.429. The summed E-state index contributed by atoms with van der Waals surface area (Å²) in [4.78, 5) is 16.1. The van der Waals surface area contributed by atoms with Crippen LogP contribution in [0.4, 0.5) is 4.39 Å². The van der Waals surface area contributed by atoms with Crippen LogP contribution in [0.15, 0.2) is 18.2 Å². The zero-order valence-corrected chi connectivity index (χ0v) is 10.9. The first-order chi connectivity index (χ1) is 9.15. The summed E-state index contributed by atoms with van der Waals surface area (Å²) >= 11 is 0. The smallest absolute Gasteiger partial charge is 0.256 e. The molecule has 19 heavy (non-hydrogen) atoms. The molecule has 1 fully saturated rings. The maximum atomic E-state index is 13.8. The van der Waals surface area contributed by atoms with E-state index in [9.17, 15) is 9.18 Å². The first-order valence-electron chi connectivity index (χ1n) is 6.37. The van der Waals surface area contributed by atoms with Crippen molar-refractivity contribution < 1.29 is 9.18 Å². The van der Waals surface area contributed by atoms with Crippen molar-refractivity contribution in [3.05, 3.63) is 35.1 Å². The van der Waals surface area contributed by atoms with Crippen LogP contribution < -0.4 is 0 Å². The lowest BCUT2D eigenvalue weighted by Crippen LogP contribution is -2.48. The van der Waals surface area contributed by atoms with Crippen molar-refractivity contribution in [2.75, 3.05) is 32.7 Å². The minimum absolute atomic E-state index is 0.0453. The number of piperazine rings is 1. The molecule has 0 N–H and O–H groups in total. The largest absolute Gasteiger partial charge is 0.336 e. The molecule has 0 aliphatic carbocycles. The van der Waals surface area contributed by atoms with E-state index >= 15 is 0 Å². The second-order valence-electron chi connectivity index (χ2n) is 4.53. The number of carbonyl (C=O) groups excluding carboxylic acids is 1. The number of carbonyl (C=O) groups is 1. The molecular formula is C14H16FN3O. The first-order valence-corrected chi connectivity index (χ1v) is 6.37. The second-order valence-corrected chi connectivity index (χ2v) is 4.53. The molecule has 1 aliphatic rings. The Morgan fingerprint density at radius 3 is 2.58 bits per heavy atom. The normalized spacial score (nSPS) is 16.2. The molecule has 2 rings (SSSR count). The van der Waals surface area contributed by atoms with Gasteiger partial charge < -0.3 is 9.80 Å². The van der Waals surface area contributed by atoms with Gasteiger partial charge in [-0.15, -0.1) is 0 Å². The van der Waals surface area contributed by atoms with Crippen molar-refractivity contribution in [1.29, 1.82) is 5.26 Å². The molecule has 0 saturated carbocycles. The van der Waals surface area contributed by atoms with Crippen LogP contribution in [0.5, 0.6) is 0 Å². The Balaban J connectivity index is 2.10. The number of hydrogen-bond acceptors (Lipinski definition) is 3. The number of hydrogen-bond donors (Lipinski definition) is 0. The van der Waals surface area contributed by atoms with Gasteiger partial charge in [0, 0.05) is 26.2 Å². The highest BCUT2D eigenvalue weighted by Gasteiger charge is 2.23. The van der Waals surface area contributed by atoms with E-state index in [2.05, 4.69) is 11.8 Å². The fourth-order valence-corrected chi connectivity index (χ4v) is 2.20. The highest BCUT2D eigenvalue weighted by molar-refractivity contribution is 5.94. The molecular weight excluding hydrogens is 245 g/mol. The van der Waals surface area contributed by atoms with Crippen LogP contribution in [0.2, 0.25) is 0 Å². The van der Waals surface area contributed by atoms with Gasteiger partial charge in [0.2, 0.25) is 0 Å². The van der Waals surface area contributed by atoms with E-state index in [1.54, 1.807) is 4.90 Å². The number of amides is 1. The molecule has 0 spiro atoms. The maximum absolute atomic E-state index is 13.8. The molecule has 1 aliphatic heterocycles. The first kappa shape index (κ1) is 13.5. The van der Waals surface area contributed by atoms with Crippen LogP contribution in [-0.2, 0) is 0 Å². The summed E-state index contributed by atoms with van der Waals surface area (Å²) < 4.78 is 13.8. The van der Waals surface area contributed by atoms with Crippen LogP contribution in [0.25, 0.3) is 0 Å². The molecule has 1 heterocycles. The van der Waals surface area contributed by atoms with Gasteiger partial charge in [-0.2, -0.15) is 5.26 Å². The Labute approximate surface area is 112 Å². The monoisotopic (exact) mass is 261 g/mol. The third-order valence-electron chi connectivity index (χ3n) is 3.44. The molecule has 0 atom stereocenters. The molecule has 1 aromatic rings. The van der Waals surface area contributed by atoms with E-state index < -0.39 is 5.82 Å². The molecule has 1 amide bonds. The van der Waals surface area contributed by atoms with E-state index in [1.165, 1.54) is 12.1 Å². The van der Waals surface area contributed by atoms with Crippen LogP contribution in [0.3, 0.4) is 0 Å². The average Bonchev–Trinajstić information content (AvgIpc) is 2.46. The fourth-order valence-electron chi connectivity index (χ4n) is 2.20. The number of nitrogens with zero attached hydrogens (tertiary/aromatic N) is 3. The molecule has 0 aromatic heterocycles. The van der Waals surface area contributed by atoms with Crippen molar-refractivity contribution in [1.82, 2.24) is 9.80 Å². The van der Waals surface area contributed by atoms with Gasteiger partial charge in [0.1, 0.15) is 5.82 Å². The van der Waals surface area contributed by atoms with Gasteiger partial charge in [-0.05, 0) is 24.7 Å². The highest BCUT2D eigenvalue weighted by atomic mass is 19.1. The second kappa shape index (κ2) is 5.81. The summed E-state index contributed by atoms with van der Waals surface area (Å²) in [6.45, 7) is 5.92. The quantitative estimate of drug-likeness (QED) is 0.810. The lowest BCUT2D eigenvalue weighted by molar-refractivity contribution is 0.0639. The Morgan fingerprint density at radius 1 is 1.37 bits per heavy atom. The molecule has 100 valence electrons. The molecule has 5 heteroatoms. The Bertz CT molecular complexity index is 516. The van der Waals surface area contributed by atoms with Crippen molar-refractivity contribution in [3.8, 4) is 6.07 Å². The minimum atomic E-state index is -0.623. The molecule has 0 radical (unpaired) electrons. The summed E-state index contributed by atoms with van der Waals surface area (Å²) in [7, 11) is 0. The highest BCUT2D eigenvalue weighted by Crippen LogP contribution is 2.14. The van der Waals surface area contributed by atoms with Crippen molar-refractivity contribution in [3.63, 3.8) is 0 Å². The molecule has 4 nitrogen and oxygen atoms in total. The SMILES string of the molecule is CCN1CCN(C(=O)c2ccc(C#N)cc2F)CC1. The van der Waals surface area contributed by atoms with Gasteiger partial charge in [-0.1, -0.05) is 6.92 Å². The standard InChI is InChI=1S/C14H16FN3O/c1-2-17-5-7-18(8-6-17)14(19)12-4-3-11(10-16)9-13(12)15/h3-4,9H,2,5-8H2,1H3. The third kappa shape index (κ3) is 2.91. The van der Waals surface area contributed by atoms with Crippen LogP contribution in [-0.4, -0.2) is 48.4 Å². The zero-order valence-electron chi connectivity index (χ0n) is 10.9. The predicted molar refractivity (Wildman–Crippen MR) is 69.1 cm³/mol. The third-order valence-corrected chi connectivity index (χ3v) is 3.44. The lowest BCUT2D eigenvalue weighted by atomic mass is 10.1. The van der Waals surface area contributed by atoms with Gasteiger partial charge in [0.25, 0.3) is 5.91 Å².